The van der Waals surface area contributed by atoms with E-state index in [4.69, 9.17) is 9.68 Å². The van der Waals surface area contributed by atoms with Crippen molar-refractivity contribution in [2.75, 3.05) is 23.3 Å². The van der Waals surface area contributed by atoms with Gasteiger partial charge in [0, 0.05) is 48.7 Å². The highest BCUT2D eigenvalue weighted by Crippen LogP contribution is 2.27. The molecule has 6 heteroatoms. The van der Waals surface area contributed by atoms with Crippen molar-refractivity contribution in [2.24, 2.45) is 0 Å². The SMILES string of the molecule is N#Cc1ccc(N2CCC[C@H](N[C@@H]3CCCC[C@H]3Nc3cc(-c4ccoc4)ccn3)C2)cc1. The van der Waals surface area contributed by atoms with E-state index in [1.54, 1.807) is 12.5 Å². The zero-order chi connectivity index (χ0) is 22.5. The van der Waals surface area contributed by atoms with Crippen molar-refractivity contribution in [1.82, 2.24) is 10.3 Å². The first kappa shape index (κ1) is 21.5. The highest BCUT2D eigenvalue weighted by Gasteiger charge is 2.29. The largest absolute Gasteiger partial charge is 0.472 e. The Kier molecular flexibility index (Phi) is 6.59. The third kappa shape index (κ3) is 5.20. The van der Waals surface area contributed by atoms with E-state index < -0.39 is 0 Å². The Labute approximate surface area is 195 Å². The van der Waals surface area contributed by atoms with Gasteiger partial charge in [-0.25, -0.2) is 4.98 Å². The van der Waals surface area contributed by atoms with Crippen LogP contribution < -0.4 is 15.5 Å². The number of pyridine rings is 1. The van der Waals surface area contributed by atoms with Crippen LogP contribution in [-0.4, -0.2) is 36.2 Å². The van der Waals surface area contributed by atoms with Gasteiger partial charge in [-0.2, -0.15) is 5.26 Å². The molecule has 1 aromatic carbocycles. The number of rotatable bonds is 6. The predicted octanol–water partition coefficient (Wildman–Crippen LogP) is 5.19. The van der Waals surface area contributed by atoms with Gasteiger partial charge in [-0.3, -0.25) is 0 Å². The summed E-state index contributed by atoms with van der Waals surface area (Å²) < 4.78 is 5.24. The number of hydrogen-bond acceptors (Lipinski definition) is 6. The van der Waals surface area contributed by atoms with E-state index in [-0.39, 0.29) is 0 Å². The summed E-state index contributed by atoms with van der Waals surface area (Å²) in [5.41, 5.74) is 4.11. The monoisotopic (exact) mass is 441 g/mol. The Hall–Kier alpha value is -3.30. The van der Waals surface area contributed by atoms with Crippen LogP contribution >= 0.6 is 0 Å². The molecule has 0 bridgehead atoms. The maximum Gasteiger partial charge on any atom is 0.126 e. The summed E-state index contributed by atoms with van der Waals surface area (Å²) in [6, 6.07) is 17.6. The van der Waals surface area contributed by atoms with Crippen molar-refractivity contribution < 1.29 is 4.42 Å². The van der Waals surface area contributed by atoms with E-state index in [2.05, 4.69) is 44.8 Å². The minimum Gasteiger partial charge on any atom is -0.472 e. The van der Waals surface area contributed by atoms with E-state index in [1.807, 2.05) is 30.5 Å². The van der Waals surface area contributed by atoms with Crippen LogP contribution in [0.25, 0.3) is 11.1 Å². The van der Waals surface area contributed by atoms with Crippen molar-refractivity contribution in [3.63, 3.8) is 0 Å². The molecule has 0 amide bonds. The van der Waals surface area contributed by atoms with E-state index in [0.29, 0.717) is 23.7 Å². The molecule has 6 nitrogen and oxygen atoms in total. The molecule has 0 spiro atoms. The zero-order valence-corrected chi connectivity index (χ0v) is 18.9. The van der Waals surface area contributed by atoms with Gasteiger partial charge in [-0.05, 0) is 73.7 Å². The van der Waals surface area contributed by atoms with Crippen LogP contribution in [0.1, 0.15) is 44.1 Å². The molecule has 2 fully saturated rings. The second-order valence-corrected chi connectivity index (χ2v) is 9.19. The highest BCUT2D eigenvalue weighted by molar-refractivity contribution is 5.65. The fraction of sp³-hybridized carbons (Fsp3) is 0.407. The summed E-state index contributed by atoms with van der Waals surface area (Å²) in [6.45, 7) is 2.07. The first-order valence-electron chi connectivity index (χ1n) is 12.0. The summed E-state index contributed by atoms with van der Waals surface area (Å²) in [5, 5.41) is 16.8. The quantitative estimate of drug-likeness (QED) is 0.548. The van der Waals surface area contributed by atoms with Crippen molar-refractivity contribution in [3.8, 4) is 17.2 Å². The molecule has 3 heterocycles. The molecule has 2 N–H and O–H groups in total. The van der Waals surface area contributed by atoms with Gasteiger partial charge in [0.05, 0.1) is 24.2 Å². The number of nitriles is 1. The smallest absolute Gasteiger partial charge is 0.126 e. The van der Waals surface area contributed by atoms with Gasteiger partial charge in [-0.1, -0.05) is 12.8 Å². The van der Waals surface area contributed by atoms with E-state index >= 15 is 0 Å². The zero-order valence-electron chi connectivity index (χ0n) is 18.9. The summed E-state index contributed by atoms with van der Waals surface area (Å²) in [5.74, 6) is 0.926. The maximum absolute atomic E-state index is 9.07. The minimum atomic E-state index is 0.371. The predicted molar refractivity (Wildman–Crippen MR) is 131 cm³/mol. The summed E-state index contributed by atoms with van der Waals surface area (Å²) in [4.78, 5) is 7.04. The topological polar surface area (TPSA) is 77.1 Å². The molecule has 33 heavy (non-hydrogen) atoms. The number of benzene rings is 1. The Bertz CT molecular complexity index is 1070. The van der Waals surface area contributed by atoms with E-state index in [9.17, 15) is 0 Å². The fourth-order valence-electron chi connectivity index (χ4n) is 5.21. The van der Waals surface area contributed by atoms with Gasteiger partial charge in [-0.15, -0.1) is 0 Å². The van der Waals surface area contributed by atoms with Crippen molar-refractivity contribution in [3.05, 3.63) is 66.8 Å². The van der Waals surface area contributed by atoms with Crippen LogP contribution in [0.15, 0.2) is 65.6 Å². The number of nitrogens with zero attached hydrogens (tertiary/aromatic N) is 3. The van der Waals surface area contributed by atoms with Gasteiger partial charge in [0.15, 0.2) is 0 Å². The second-order valence-electron chi connectivity index (χ2n) is 9.19. The molecular weight excluding hydrogens is 410 g/mol. The van der Waals surface area contributed by atoms with Crippen LogP contribution in [0.4, 0.5) is 11.5 Å². The molecule has 1 saturated carbocycles. The minimum absolute atomic E-state index is 0.371. The van der Waals surface area contributed by atoms with Gasteiger partial charge >= 0.3 is 0 Å². The molecule has 3 atom stereocenters. The molecule has 5 rings (SSSR count). The Morgan fingerprint density at radius 1 is 0.970 bits per heavy atom. The number of anilines is 2. The van der Waals surface area contributed by atoms with Gasteiger partial charge < -0.3 is 20.0 Å². The normalized spacial score (nSPS) is 23.1. The van der Waals surface area contributed by atoms with Gasteiger partial charge in [0.2, 0.25) is 0 Å². The molecule has 2 aromatic heterocycles. The standard InChI is InChI=1S/C27H31N5O/c28-17-20-7-9-24(10-8-20)32-14-3-4-23(18-32)30-25-5-1-2-6-26(25)31-27-16-21(11-13-29-27)22-12-15-33-19-22/h7-13,15-16,19,23,25-26,30H,1-6,14,18H2,(H,29,31)/t23-,25+,26+/m0/s1. The van der Waals surface area contributed by atoms with Gasteiger partial charge in [0.1, 0.15) is 5.82 Å². The first-order chi connectivity index (χ1) is 16.3. The molecule has 1 saturated heterocycles. The molecule has 0 unspecified atom stereocenters. The third-order valence-corrected chi connectivity index (χ3v) is 6.95. The Balaban J connectivity index is 1.23. The maximum atomic E-state index is 9.07. The van der Waals surface area contributed by atoms with E-state index in [0.717, 1.165) is 36.5 Å². The number of nitrogens with one attached hydrogen (secondary N) is 2. The van der Waals surface area contributed by atoms with Crippen LogP contribution in [0, 0.1) is 11.3 Å². The van der Waals surface area contributed by atoms with Gasteiger partial charge in [0.25, 0.3) is 0 Å². The highest BCUT2D eigenvalue weighted by atomic mass is 16.3. The van der Waals surface area contributed by atoms with Crippen LogP contribution in [-0.2, 0) is 0 Å². The second kappa shape index (κ2) is 10.1. The lowest BCUT2D eigenvalue weighted by molar-refractivity contribution is 0.293. The van der Waals surface area contributed by atoms with Crippen LogP contribution in [0.5, 0.6) is 0 Å². The summed E-state index contributed by atoms with van der Waals surface area (Å²) in [6.07, 6.45) is 12.6. The van der Waals surface area contributed by atoms with E-state index in [1.165, 1.54) is 37.8 Å². The number of hydrogen-bond donors (Lipinski definition) is 2. The average molecular weight is 442 g/mol. The van der Waals surface area contributed by atoms with Crippen molar-refractivity contribution in [1.29, 1.82) is 5.26 Å². The Morgan fingerprint density at radius 2 is 1.82 bits per heavy atom. The van der Waals surface area contributed by atoms with Crippen LogP contribution in [0.2, 0.25) is 0 Å². The number of furan rings is 1. The fourth-order valence-corrected chi connectivity index (χ4v) is 5.21. The van der Waals surface area contributed by atoms with Crippen molar-refractivity contribution >= 4 is 11.5 Å². The summed E-state index contributed by atoms with van der Waals surface area (Å²) in [7, 11) is 0. The molecule has 1 aliphatic heterocycles. The first-order valence-corrected chi connectivity index (χ1v) is 12.0. The average Bonchev–Trinajstić information content (AvgIpc) is 3.41. The molecule has 3 aromatic rings. The molecular formula is C27H31N5O. The molecule has 0 radical (unpaired) electrons. The lowest BCUT2D eigenvalue weighted by Gasteiger charge is -2.40. The molecule has 1 aliphatic carbocycles. The number of piperidine rings is 1. The third-order valence-electron chi connectivity index (χ3n) is 6.95. The Morgan fingerprint density at radius 3 is 2.61 bits per heavy atom. The van der Waals surface area contributed by atoms with Crippen LogP contribution in [0.3, 0.4) is 0 Å². The number of aromatic nitrogens is 1. The summed E-state index contributed by atoms with van der Waals surface area (Å²) >= 11 is 0. The molecule has 2 aliphatic rings. The molecule has 170 valence electrons. The lowest BCUT2D eigenvalue weighted by Crippen LogP contribution is -2.54. The van der Waals surface area contributed by atoms with Crippen molar-refractivity contribution in [2.45, 2.75) is 56.7 Å². The lowest BCUT2D eigenvalue weighted by atomic mass is 9.89.